The van der Waals surface area contributed by atoms with Crippen molar-refractivity contribution >= 4 is 29.0 Å². The van der Waals surface area contributed by atoms with Crippen molar-refractivity contribution in [3.8, 4) is 0 Å². The lowest BCUT2D eigenvalue weighted by atomic mass is 9.76. The molecule has 6 heteroatoms. The SMILES string of the molecule is CBC(Br)C(=O)C(F)(F)F. The minimum Gasteiger partial charge on any atom is -0.289 e. The third-order valence-electron chi connectivity index (χ3n) is 0.922. The monoisotopic (exact) mass is 216 g/mol. The zero-order valence-corrected chi connectivity index (χ0v) is 6.79. The van der Waals surface area contributed by atoms with E-state index in [1.807, 2.05) is 0 Å². The zero-order chi connectivity index (χ0) is 8.36. The maximum absolute atomic E-state index is 11.5. The van der Waals surface area contributed by atoms with Crippen molar-refractivity contribution in [3.05, 3.63) is 0 Å². The predicted molar refractivity (Wildman–Crippen MR) is 36.8 cm³/mol. The smallest absolute Gasteiger partial charge is 0.289 e. The van der Waals surface area contributed by atoms with Crippen LogP contribution < -0.4 is 0 Å². The number of hydrogen-bond acceptors (Lipinski definition) is 1. The average molecular weight is 217 g/mol. The van der Waals surface area contributed by atoms with Gasteiger partial charge in [-0.15, -0.1) is 0 Å². The molecule has 0 heterocycles. The molecule has 0 aliphatic carbocycles. The van der Waals surface area contributed by atoms with Crippen molar-refractivity contribution in [1.82, 2.24) is 0 Å². The second-order valence-electron chi connectivity index (χ2n) is 1.74. The molecule has 0 aromatic heterocycles. The summed E-state index contributed by atoms with van der Waals surface area (Å²) < 4.78 is 33.4. The molecule has 0 amide bonds. The van der Waals surface area contributed by atoms with Crippen molar-refractivity contribution in [2.24, 2.45) is 0 Å². The molecule has 0 aromatic carbocycles. The van der Waals surface area contributed by atoms with E-state index in [2.05, 4.69) is 15.9 Å². The van der Waals surface area contributed by atoms with Crippen molar-refractivity contribution in [2.75, 3.05) is 0 Å². The number of hydrogen-bond donors (Lipinski definition) is 0. The summed E-state index contributed by atoms with van der Waals surface area (Å²) in [7, 11) is 0.151. The molecule has 0 saturated carbocycles. The first kappa shape index (κ1) is 10.0. The summed E-state index contributed by atoms with van der Waals surface area (Å²) in [4.78, 5) is 10.2. The van der Waals surface area contributed by atoms with Gasteiger partial charge in [0.25, 0.3) is 0 Å². The number of carbonyl (C=O) groups is 1. The van der Waals surface area contributed by atoms with Gasteiger partial charge in [-0.05, 0) is 0 Å². The van der Waals surface area contributed by atoms with Gasteiger partial charge in [-0.25, -0.2) is 0 Å². The maximum atomic E-state index is 11.5. The minimum atomic E-state index is -4.70. The molecule has 1 unspecified atom stereocenters. The molecule has 58 valence electrons. The van der Waals surface area contributed by atoms with Crippen LogP contribution in [0.15, 0.2) is 0 Å². The highest BCUT2D eigenvalue weighted by molar-refractivity contribution is 9.10. The summed E-state index contributed by atoms with van der Waals surface area (Å²) >= 11 is 2.61. The van der Waals surface area contributed by atoms with Gasteiger partial charge in [-0.1, -0.05) is 22.8 Å². The molecule has 0 fully saturated rings. The van der Waals surface area contributed by atoms with E-state index >= 15 is 0 Å². The second kappa shape index (κ2) is 3.41. The van der Waals surface area contributed by atoms with Gasteiger partial charge < -0.3 is 0 Å². The average Bonchev–Trinajstić information content (AvgIpc) is 1.83. The van der Waals surface area contributed by atoms with Crippen LogP contribution in [0.1, 0.15) is 0 Å². The molecule has 0 rings (SSSR count). The molecule has 0 aromatic rings. The maximum Gasteiger partial charge on any atom is 0.450 e. The predicted octanol–water partition coefficient (Wildman–Crippen LogP) is 1.32. The van der Waals surface area contributed by atoms with Gasteiger partial charge in [0, 0.05) is 0 Å². The van der Waals surface area contributed by atoms with E-state index in [1.165, 1.54) is 6.82 Å². The Labute approximate surface area is 65.3 Å². The number of alkyl halides is 4. The van der Waals surface area contributed by atoms with Crippen molar-refractivity contribution < 1.29 is 18.0 Å². The Balaban J connectivity index is 4.09. The Morgan fingerprint density at radius 2 is 2.00 bits per heavy atom. The largest absolute Gasteiger partial charge is 0.450 e. The quantitative estimate of drug-likeness (QED) is 0.503. The van der Waals surface area contributed by atoms with E-state index in [0.29, 0.717) is 0 Å². The number of rotatable bonds is 2. The van der Waals surface area contributed by atoms with Crippen LogP contribution in [0.25, 0.3) is 0 Å². The molecule has 1 nitrogen and oxygen atoms in total. The Bertz CT molecular complexity index is 135. The van der Waals surface area contributed by atoms with Crippen LogP contribution in [0, 0.1) is 0 Å². The Morgan fingerprint density at radius 1 is 1.60 bits per heavy atom. The normalized spacial score (nSPS) is 14.5. The van der Waals surface area contributed by atoms with Gasteiger partial charge in [-0.2, -0.15) is 13.2 Å². The topological polar surface area (TPSA) is 17.1 Å². The lowest BCUT2D eigenvalue weighted by Gasteiger charge is -2.07. The minimum absolute atomic E-state index is 0.151. The first-order chi connectivity index (χ1) is 4.39. The van der Waals surface area contributed by atoms with Gasteiger partial charge in [0.05, 0.1) is 4.73 Å². The summed E-state index contributed by atoms with van der Waals surface area (Å²) in [5.74, 6) is -1.71. The van der Waals surface area contributed by atoms with E-state index < -0.39 is 16.7 Å². The summed E-state index contributed by atoms with van der Waals surface area (Å²) in [6.07, 6.45) is -4.70. The van der Waals surface area contributed by atoms with Crippen molar-refractivity contribution in [1.29, 1.82) is 0 Å². The molecule has 0 N–H and O–H groups in total. The summed E-state index contributed by atoms with van der Waals surface area (Å²) in [5, 5.41) is 0. The van der Waals surface area contributed by atoms with Gasteiger partial charge in [0.1, 0.15) is 7.28 Å². The highest BCUT2D eigenvalue weighted by Gasteiger charge is 2.41. The van der Waals surface area contributed by atoms with Gasteiger partial charge >= 0.3 is 6.18 Å². The summed E-state index contributed by atoms with van der Waals surface area (Å²) in [6.45, 7) is 1.50. The molecule has 0 radical (unpaired) electrons. The van der Waals surface area contributed by atoms with E-state index in [0.717, 1.165) is 0 Å². The first-order valence-corrected chi connectivity index (χ1v) is 3.56. The van der Waals surface area contributed by atoms with Gasteiger partial charge in [0.15, 0.2) is 0 Å². The van der Waals surface area contributed by atoms with Crippen LogP contribution in [0.5, 0.6) is 0 Å². The Kier molecular flexibility index (Phi) is 3.41. The molecule has 1 atom stereocenters. The van der Waals surface area contributed by atoms with E-state index in [4.69, 9.17) is 0 Å². The van der Waals surface area contributed by atoms with Crippen LogP contribution in [-0.4, -0.2) is 24.0 Å². The molecule has 0 bridgehead atoms. The molecule has 0 spiro atoms. The standard InChI is InChI=1S/C4H5BBrF3O/c1-5-3(6)2(10)4(7,8)9/h3,5H,1H3. The fraction of sp³-hybridized carbons (Fsp3) is 0.750. The van der Waals surface area contributed by atoms with E-state index in [9.17, 15) is 18.0 Å². The first-order valence-electron chi connectivity index (χ1n) is 2.64. The Hall–Kier alpha value is 0.00494. The lowest BCUT2D eigenvalue weighted by Crippen LogP contribution is -2.33. The van der Waals surface area contributed by atoms with Gasteiger partial charge in [-0.3, -0.25) is 4.79 Å². The highest BCUT2D eigenvalue weighted by Crippen LogP contribution is 2.20. The molecular formula is C4H5BBrF3O. The fourth-order valence-corrected chi connectivity index (χ4v) is 0.623. The van der Waals surface area contributed by atoms with Crippen molar-refractivity contribution in [2.45, 2.75) is 17.7 Å². The molecule has 0 aliphatic heterocycles. The summed E-state index contributed by atoms with van der Waals surface area (Å²) in [5.41, 5.74) is 0. The molecule has 0 saturated heterocycles. The van der Waals surface area contributed by atoms with E-state index in [1.54, 1.807) is 0 Å². The van der Waals surface area contributed by atoms with Crippen LogP contribution in [-0.2, 0) is 4.79 Å². The fourth-order valence-electron chi connectivity index (χ4n) is 0.363. The van der Waals surface area contributed by atoms with Crippen molar-refractivity contribution in [3.63, 3.8) is 0 Å². The molecule has 0 aliphatic rings. The van der Waals surface area contributed by atoms with Crippen LogP contribution in [0.3, 0.4) is 0 Å². The number of Topliss-reactive ketones (excluding diaryl/α,β-unsaturated/α-hetero) is 1. The Morgan fingerprint density at radius 3 is 2.10 bits per heavy atom. The lowest BCUT2D eigenvalue weighted by molar-refractivity contribution is -0.168. The summed E-state index contributed by atoms with van der Waals surface area (Å²) in [6, 6.07) is 0. The van der Waals surface area contributed by atoms with Crippen LogP contribution >= 0.6 is 15.9 Å². The zero-order valence-electron chi connectivity index (χ0n) is 5.20. The molecular weight excluding hydrogens is 212 g/mol. The van der Waals surface area contributed by atoms with E-state index in [-0.39, 0.29) is 7.28 Å². The number of halogens is 4. The van der Waals surface area contributed by atoms with Crippen LogP contribution in [0.2, 0.25) is 6.82 Å². The van der Waals surface area contributed by atoms with Crippen LogP contribution in [0.4, 0.5) is 13.2 Å². The highest BCUT2D eigenvalue weighted by atomic mass is 79.9. The molecule has 10 heavy (non-hydrogen) atoms. The third kappa shape index (κ3) is 2.73. The second-order valence-corrected chi connectivity index (χ2v) is 2.84. The number of ketones is 1. The third-order valence-corrected chi connectivity index (χ3v) is 1.99. The van der Waals surface area contributed by atoms with Gasteiger partial charge in [0.2, 0.25) is 5.78 Å². The number of carbonyl (C=O) groups excluding carboxylic acids is 1.